The van der Waals surface area contributed by atoms with Crippen molar-refractivity contribution in [3.05, 3.63) is 59.2 Å². The summed E-state index contributed by atoms with van der Waals surface area (Å²) in [4.78, 5) is 39.2. The Labute approximate surface area is 242 Å². The molecule has 2 aromatic rings. The number of carbonyl (C=O) groups is 3. The summed E-state index contributed by atoms with van der Waals surface area (Å²) in [5, 5.41) is 12.0. The van der Waals surface area contributed by atoms with E-state index in [9.17, 15) is 22.8 Å². The van der Waals surface area contributed by atoms with Gasteiger partial charge in [0, 0.05) is 37.3 Å². The standard InChI is InChI=1S/C29H41N5O6S/c1-6-26(29(37)32-17-19(2)3)31-18-23-12-20-8-7-9-25(13-20)40-11-10-30-27(35)21-14-22(28(36)33-23)16-24(15-21)34(4)41(5,38)39/h7-9,13-16,19,23,26,31H,6,10-12,17-18H2,1-5H3,(H,30,35)(H,32,37)(H,33,36)/t23?,26-/m0/s1. The van der Waals surface area contributed by atoms with Crippen molar-refractivity contribution in [1.29, 1.82) is 0 Å². The summed E-state index contributed by atoms with van der Waals surface area (Å²) >= 11 is 0. The number of anilines is 1. The lowest BCUT2D eigenvalue weighted by Crippen LogP contribution is -2.50. The molecule has 12 heteroatoms. The van der Waals surface area contributed by atoms with Crippen LogP contribution in [0.1, 0.15) is 53.5 Å². The summed E-state index contributed by atoms with van der Waals surface area (Å²) in [7, 11) is -2.29. The molecule has 1 aliphatic rings. The summed E-state index contributed by atoms with van der Waals surface area (Å²) in [6.45, 7) is 7.25. The molecule has 0 aliphatic carbocycles. The Kier molecular flexibility index (Phi) is 11.1. The van der Waals surface area contributed by atoms with Crippen LogP contribution in [0.4, 0.5) is 5.69 Å². The maximum atomic E-state index is 13.6. The van der Waals surface area contributed by atoms with Crippen LogP contribution in [0.3, 0.4) is 0 Å². The quantitative estimate of drug-likeness (QED) is 0.349. The van der Waals surface area contributed by atoms with Crippen molar-refractivity contribution >= 4 is 33.4 Å². The van der Waals surface area contributed by atoms with Gasteiger partial charge in [0.1, 0.15) is 12.4 Å². The van der Waals surface area contributed by atoms with Gasteiger partial charge in [-0.2, -0.15) is 0 Å². The van der Waals surface area contributed by atoms with Crippen molar-refractivity contribution in [2.45, 2.75) is 45.7 Å². The first-order chi connectivity index (χ1) is 19.4. The molecule has 1 heterocycles. The molecular formula is C29H41N5O6S. The Hall–Kier alpha value is -3.64. The third-order valence-corrected chi connectivity index (χ3v) is 7.90. The van der Waals surface area contributed by atoms with Crippen LogP contribution in [-0.2, 0) is 21.2 Å². The number of hydrogen-bond donors (Lipinski definition) is 4. The highest BCUT2D eigenvalue weighted by Gasteiger charge is 2.23. The molecule has 0 spiro atoms. The molecule has 4 bridgehead atoms. The van der Waals surface area contributed by atoms with Gasteiger partial charge in [-0.15, -0.1) is 0 Å². The second kappa shape index (κ2) is 14.3. The smallest absolute Gasteiger partial charge is 0.251 e. The maximum Gasteiger partial charge on any atom is 0.251 e. The number of rotatable bonds is 9. The number of benzene rings is 2. The number of sulfonamides is 1. The van der Waals surface area contributed by atoms with E-state index in [1.54, 1.807) is 0 Å². The third-order valence-electron chi connectivity index (χ3n) is 6.70. The molecule has 0 fully saturated rings. The molecular weight excluding hydrogens is 546 g/mol. The van der Waals surface area contributed by atoms with E-state index in [1.807, 2.05) is 45.0 Å². The molecule has 0 aromatic heterocycles. The first-order valence-corrected chi connectivity index (χ1v) is 15.6. The molecule has 1 aliphatic heterocycles. The number of hydrogen-bond acceptors (Lipinski definition) is 7. The third kappa shape index (κ3) is 9.46. The van der Waals surface area contributed by atoms with E-state index in [4.69, 9.17) is 4.74 Å². The summed E-state index contributed by atoms with van der Waals surface area (Å²) in [6, 6.07) is 10.9. The van der Waals surface area contributed by atoms with Crippen LogP contribution >= 0.6 is 0 Å². The van der Waals surface area contributed by atoms with Crippen LogP contribution in [-0.4, -0.2) is 77.8 Å². The highest BCUT2D eigenvalue weighted by Crippen LogP contribution is 2.22. The second-order valence-corrected chi connectivity index (χ2v) is 12.6. The predicted molar refractivity (Wildman–Crippen MR) is 159 cm³/mol. The molecule has 3 rings (SSSR count). The van der Waals surface area contributed by atoms with Gasteiger partial charge in [0.15, 0.2) is 0 Å². The van der Waals surface area contributed by atoms with Crippen molar-refractivity contribution in [2.75, 3.05) is 43.8 Å². The van der Waals surface area contributed by atoms with Crippen LogP contribution in [0.25, 0.3) is 0 Å². The highest BCUT2D eigenvalue weighted by atomic mass is 32.2. The lowest BCUT2D eigenvalue weighted by Gasteiger charge is -2.24. The SMILES string of the molecule is CC[C@H](NCC1Cc2cccc(c2)OCCNC(=O)c2cc(cc(N(C)S(C)(=O)=O)c2)C(=O)N1)C(=O)NCC(C)C. The van der Waals surface area contributed by atoms with Crippen LogP contribution in [0.5, 0.6) is 5.75 Å². The van der Waals surface area contributed by atoms with Crippen molar-refractivity contribution in [2.24, 2.45) is 5.92 Å². The van der Waals surface area contributed by atoms with Crippen molar-refractivity contribution < 1.29 is 27.5 Å². The van der Waals surface area contributed by atoms with Crippen LogP contribution in [0.15, 0.2) is 42.5 Å². The number of amides is 3. The lowest BCUT2D eigenvalue weighted by atomic mass is 10.0. The van der Waals surface area contributed by atoms with E-state index in [0.29, 0.717) is 37.6 Å². The normalized spacial score (nSPS) is 16.9. The lowest BCUT2D eigenvalue weighted by molar-refractivity contribution is -0.123. The minimum absolute atomic E-state index is 0.104. The van der Waals surface area contributed by atoms with E-state index in [1.165, 1.54) is 25.2 Å². The molecule has 1 unspecified atom stereocenters. The zero-order valence-electron chi connectivity index (χ0n) is 24.3. The zero-order chi connectivity index (χ0) is 30.2. The highest BCUT2D eigenvalue weighted by molar-refractivity contribution is 7.92. The Morgan fingerprint density at radius 3 is 2.49 bits per heavy atom. The monoisotopic (exact) mass is 587 g/mol. The molecule has 2 aromatic carbocycles. The van der Waals surface area contributed by atoms with Gasteiger partial charge in [-0.25, -0.2) is 8.42 Å². The number of nitrogens with one attached hydrogen (secondary N) is 4. The first-order valence-electron chi connectivity index (χ1n) is 13.8. The molecule has 224 valence electrons. The predicted octanol–water partition coefficient (Wildman–Crippen LogP) is 1.69. The topological polar surface area (TPSA) is 146 Å². The van der Waals surface area contributed by atoms with Gasteiger partial charge in [-0.05, 0) is 54.7 Å². The summed E-state index contributed by atoms with van der Waals surface area (Å²) < 4.78 is 31.3. The zero-order valence-corrected chi connectivity index (χ0v) is 25.1. The minimum atomic E-state index is -3.65. The van der Waals surface area contributed by atoms with E-state index in [2.05, 4.69) is 21.3 Å². The Bertz CT molecular complexity index is 1350. The van der Waals surface area contributed by atoms with Gasteiger partial charge in [-0.1, -0.05) is 32.9 Å². The summed E-state index contributed by atoms with van der Waals surface area (Å²) in [5.74, 6) is -0.104. The first kappa shape index (κ1) is 31.9. The van der Waals surface area contributed by atoms with Crippen LogP contribution < -0.4 is 30.3 Å². The van der Waals surface area contributed by atoms with Crippen LogP contribution in [0, 0.1) is 5.92 Å². The van der Waals surface area contributed by atoms with E-state index < -0.39 is 33.9 Å². The molecule has 11 nitrogen and oxygen atoms in total. The van der Waals surface area contributed by atoms with E-state index in [-0.39, 0.29) is 35.9 Å². The Morgan fingerprint density at radius 1 is 1.12 bits per heavy atom. The molecule has 0 saturated carbocycles. The van der Waals surface area contributed by atoms with Gasteiger partial charge < -0.3 is 26.0 Å². The van der Waals surface area contributed by atoms with Gasteiger partial charge >= 0.3 is 0 Å². The molecule has 41 heavy (non-hydrogen) atoms. The van der Waals surface area contributed by atoms with E-state index >= 15 is 0 Å². The molecule has 3 amide bonds. The molecule has 2 atom stereocenters. The Balaban J connectivity index is 1.94. The number of ether oxygens (including phenoxy) is 1. The minimum Gasteiger partial charge on any atom is -0.492 e. The van der Waals surface area contributed by atoms with Gasteiger partial charge in [-0.3, -0.25) is 18.7 Å². The summed E-state index contributed by atoms with van der Waals surface area (Å²) in [6.07, 6.45) is 2.04. The van der Waals surface area contributed by atoms with Gasteiger partial charge in [0.2, 0.25) is 15.9 Å². The molecule has 0 radical (unpaired) electrons. The fourth-order valence-corrected chi connectivity index (χ4v) is 4.80. The molecule has 0 saturated heterocycles. The number of carbonyl (C=O) groups excluding carboxylic acids is 3. The number of fused-ring (bicyclic) bond motifs is 4. The number of nitrogens with zero attached hydrogens (tertiary/aromatic N) is 1. The molecule has 4 N–H and O–H groups in total. The maximum absolute atomic E-state index is 13.6. The van der Waals surface area contributed by atoms with Gasteiger partial charge in [0.05, 0.1) is 24.5 Å². The largest absolute Gasteiger partial charge is 0.492 e. The average Bonchev–Trinajstić information content (AvgIpc) is 2.92. The van der Waals surface area contributed by atoms with E-state index in [0.717, 1.165) is 16.1 Å². The van der Waals surface area contributed by atoms with Crippen molar-refractivity contribution in [1.82, 2.24) is 21.3 Å². The fourth-order valence-electron chi connectivity index (χ4n) is 4.31. The summed E-state index contributed by atoms with van der Waals surface area (Å²) in [5.41, 5.74) is 1.37. The second-order valence-electron chi connectivity index (χ2n) is 10.6. The Morgan fingerprint density at radius 2 is 1.83 bits per heavy atom. The van der Waals surface area contributed by atoms with Gasteiger partial charge in [0.25, 0.3) is 11.8 Å². The van der Waals surface area contributed by atoms with Crippen molar-refractivity contribution in [3.63, 3.8) is 0 Å². The van der Waals surface area contributed by atoms with Crippen LogP contribution in [0.2, 0.25) is 0 Å². The van der Waals surface area contributed by atoms with Crippen molar-refractivity contribution in [3.8, 4) is 5.75 Å². The average molecular weight is 588 g/mol. The fraction of sp³-hybridized carbons (Fsp3) is 0.483.